The van der Waals surface area contributed by atoms with E-state index in [0.29, 0.717) is 12.0 Å². The topological polar surface area (TPSA) is 71.1 Å². The molecule has 0 saturated heterocycles. The van der Waals surface area contributed by atoms with Crippen molar-refractivity contribution in [2.75, 3.05) is 0 Å². The fourth-order valence-corrected chi connectivity index (χ4v) is 3.68. The predicted molar refractivity (Wildman–Crippen MR) is 104 cm³/mol. The van der Waals surface area contributed by atoms with Gasteiger partial charge in [-0.05, 0) is 49.9 Å². The number of carbonyl (C=O) groups excluding carboxylic acids is 2. The van der Waals surface area contributed by atoms with E-state index in [-0.39, 0.29) is 11.8 Å². The SMILES string of the molecule is Cc1ccccc1C(=O)NNC(=O)CCCCc1nc2ccccc2s1. The van der Waals surface area contributed by atoms with Gasteiger partial charge in [0.05, 0.1) is 15.2 Å². The van der Waals surface area contributed by atoms with Crippen molar-refractivity contribution in [3.05, 3.63) is 64.7 Å². The maximum atomic E-state index is 12.0. The average molecular weight is 367 g/mol. The minimum atomic E-state index is -0.300. The molecule has 2 amide bonds. The van der Waals surface area contributed by atoms with Gasteiger partial charge < -0.3 is 0 Å². The molecule has 0 radical (unpaired) electrons. The lowest BCUT2D eigenvalue weighted by atomic mass is 10.1. The van der Waals surface area contributed by atoms with E-state index in [4.69, 9.17) is 0 Å². The standard InChI is InChI=1S/C20H21N3O2S/c1-14-8-2-3-9-15(14)20(25)23-22-18(24)12-6-7-13-19-21-16-10-4-5-11-17(16)26-19/h2-5,8-11H,6-7,12-13H2,1H3,(H,22,24)(H,23,25). The molecule has 0 atom stereocenters. The van der Waals surface area contributed by atoms with Crippen molar-refractivity contribution in [3.63, 3.8) is 0 Å². The molecule has 1 aromatic heterocycles. The summed E-state index contributed by atoms with van der Waals surface area (Å²) < 4.78 is 1.19. The summed E-state index contributed by atoms with van der Waals surface area (Å²) in [6, 6.07) is 15.3. The fourth-order valence-electron chi connectivity index (χ4n) is 2.67. The van der Waals surface area contributed by atoms with Crippen molar-refractivity contribution in [2.45, 2.75) is 32.6 Å². The minimum absolute atomic E-state index is 0.184. The Kier molecular flexibility index (Phi) is 5.96. The van der Waals surface area contributed by atoms with Crippen molar-refractivity contribution in [3.8, 4) is 0 Å². The molecule has 26 heavy (non-hydrogen) atoms. The van der Waals surface area contributed by atoms with E-state index in [1.807, 2.05) is 37.3 Å². The number of benzene rings is 2. The summed E-state index contributed by atoms with van der Waals surface area (Å²) in [7, 11) is 0. The van der Waals surface area contributed by atoms with Crippen molar-refractivity contribution in [1.29, 1.82) is 0 Å². The lowest BCUT2D eigenvalue weighted by Crippen LogP contribution is -2.41. The van der Waals surface area contributed by atoms with Crippen LogP contribution in [0.1, 0.15) is 40.2 Å². The van der Waals surface area contributed by atoms with E-state index in [9.17, 15) is 9.59 Å². The maximum Gasteiger partial charge on any atom is 0.269 e. The fraction of sp³-hybridized carbons (Fsp3) is 0.250. The van der Waals surface area contributed by atoms with Crippen LogP contribution in [-0.2, 0) is 11.2 Å². The third-order valence-electron chi connectivity index (χ3n) is 4.09. The van der Waals surface area contributed by atoms with Gasteiger partial charge in [-0.3, -0.25) is 20.4 Å². The first-order valence-electron chi connectivity index (χ1n) is 8.63. The Bertz CT molecular complexity index is 887. The van der Waals surface area contributed by atoms with Gasteiger partial charge in [0.15, 0.2) is 0 Å². The highest BCUT2D eigenvalue weighted by molar-refractivity contribution is 7.18. The van der Waals surface area contributed by atoms with E-state index in [1.54, 1.807) is 23.5 Å². The highest BCUT2D eigenvalue weighted by Gasteiger charge is 2.09. The summed E-state index contributed by atoms with van der Waals surface area (Å²) in [6.45, 7) is 1.86. The van der Waals surface area contributed by atoms with Crippen LogP contribution in [0.25, 0.3) is 10.2 Å². The van der Waals surface area contributed by atoms with Crippen LogP contribution in [0.2, 0.25) is 0 Å². The number of fused-ring (bicyclic) bond motifs is 1. The van der Waals surface area contributed by atoms with Gasteiger partial charge in [-0.15, -0.1) is 11.3 Å². The quantitative estimate of drug-likeness (QED) is 0.514. The molecule has 3 rings (SSSR count). The molecule has 0 spiro atoms. The molecule has 3 aromatic rings. The van der Waals surface area contributed by atoms with E-state index in [1.165, 1.54) is 4.70 Å². The Morgan fingerprint density at radius 2 is 1.77 bits per heavy atom. The van der Waals surface area contributed by atoms with E-state index in [0.717, 1.165) is 35.4 Å². The number of amides is 2. The molecule has 0 aliphatic carbocycles. The molecule has 0 aliphatic rings. The minimum Gasteiger partial charge on any atom is -0.273 e. The molecule has 0 aliphatic heterocycles. The van der Waals surface area contributed by atoms with E-state index < -0.39 is 0 Å². The molecule has 0 unspecified atom stereocenters. The van der Waals surface area contributed by atoms with Gasteiger partial charge in [-0.1, -0.05) is 30.3 Å². The van der Waals surface area contributed by atoms with E-state index >= 15 is 0 Å². The molecule has 1 heterocycles. The molecular weight excluding hydrogens is 346 g/mol. The zero-order valence-electron chi connectivity index (χ0n) is 14.6. The van der Waals surface area contributed by atoms with Crippen LogP contribution in [0.3, 0.4) is 0 Å². The Morgan fingerprint density at radius 1 is 1.00 bits per heavy atom. The molecule has 134 valence electrons. The second-order valence-electron chi connectivity index (χ2n) is 6.10. The smallest absolute Gasteiger partial charge is 0.269 e. The number of aromatic nitrogens is 1. The summed E-state index contributed by atoms with van der Waals surface area (Å²) in [4.78, 5) is 28.5. The van der Waals surface area contributed by atoms with Crippen molar-refractivity contribution >= 4 is 33.4 Å². The van der Waals surface area contributed by atoms with Gasteiger partial charge in [0, 0.05) is 12.0 Å². The lowest BCUT2D eigenvalue weighted by Gasteiger charge is -2.08. The number of rotatable bonds is 6. The molecule has 5 nitrogen and oxygen atoms in total. The molecule has 2 aromatic carbocycles. The zero-order valence-corrected chi connectivity index (χ0v) is 15.4. The van der Waals surface area contributed by atoms with Crippen LogP contribution < -0.4 is 10.9 Å². The second kappa shape index (κ2) is 8.58. The summed E-state index contributed by atoms with van der Waals surface area (Å²) in [6.07, 6.45) is 2.88. The third-order valence-corrected chi connectivity index (χ3v) is 5.18. The van der Waals surface area contributed by atoms with Gasteiger partial charge in [-0.2, -0.15) is 0 Å². The molecule has 0 saturated carbocycles. The van der Waals surface area contributed by atoms with Crippen LogP contribution in [0, 0.1) is 6.92 Å². The Hall–Kier alpha value is -2.73. The van der Waals surface area contributed by atoms with Crippen LogP contribution in [0.4, 0.5) is 0 Å². The van der Waals surface area contributed by atoms with Crippen molar-refractivity contribution in [2.24, 2.45) is 0 Å². The van der Waals surface area contributed by atoms with Gasteiger partial charge >= 0.3 is 0 Å². The van der Waals surface area contributed by atoms with Crippen LogP contribution in [-0.4, -0.2) is 16.8 Å². The lowest BCUT2D eigenvalue weighted by molar-refractivity contribution is -0.121. The van der Waals surface area contributed by atoms with Gasteiger partial charge in [0.2, 0.25) is 5.91 Å². The number of hydrogen-bond donors (Lipinski definition) is 2. The number of aryl methyl sites for hydroxylation is 2. The summed E-state index contributed by atoms with van der Waals surface area (Å²) in [5.74, 6) is -0.484. The van der Waals surface area contributed by atoms with Crippen molar-refractivity contribution in [1.82, 2.24) is 15.8 Å². The molecule has 2 N–H and O–H groups in total. The zero-order chi connectivity index (χ0) is 18.4. The maximum absolute atomic E-state index is 12.0. The number of hydrogen-bond acceptors (Lipinski definition) is 4. The summed E-state index contributed by atoms with van der Waals surface area (Å²) in [5.41, 5.74) is 7.40. The first-order chi connectivity index (χ1) is 12.6. The average Bonchev–Trinajstić information content (AvgIpc) is 3.06. The monoisotopic (exact) mass is 367 g/mol. The number of thiazole rings is 1. The number of nitrogens with zero attached hydrogens (tertiary/aromatic N) is 1. The normalized spacial score (nSPS) is 10.7. The summed E-state index contributed by atoms with van der Waals surface area (Å²) >= 11 is 1.70. The van der Waals surface area contributed by atoms with Gasteiger partial charge in [0.25, 0.3) is 5.91 Å². The van der Waals surface area contributed by atoms with Crippen LogP contribution in [0.15, 0.2) is 48.5 Å². The number of nitrogens with one attached hydrogen (secondary N) is 2. The highest BCUT2D eigenvalue weighted by Crippen LogP contribution is 2.22. The molecule has 0 bridgehead atoms. The molecular formula is C20H21N3O2S. The Labute approximate surface area is 156 Å². The van der Waals surface area contributed by atoms with Crippen LogP contribution >= 0.6 is 11.3 Å². The first-order valence-corrected chi connectivity index (χ1v) is 9.44. The van der Waals surface area contributed by atoms with Crippen LogP contribution in [0.5, 0.6) is 0 Å². The first kappa shape index (κ1) is 18.1. The Balaban J connectivity index is 1.37. The Morgan fingerprint density at radius 3 is 2.58 bits per heavy atom. The largest absolute Gasteiger partial charge is 0.273 e. The van der Waals surface area contributed by atoms with E-state index in [2.05, 4.69) is 21.9 Å². The highest BCUT2D eigenvalue weighted by atomic mass is 32.1. The number of hydrazine groups is 1. The predicted octanol–water partition coefficient (Wildman–Crippen LogP) is 3.78. The molecule has 0 fully saturated rings. The van der Waals surface area contributed by atoms with Gasteiger partial charge in [-0.25, -0.2) is 4.98 Å². The third kappa shape index (κ3) is 4.67. The second-order valence-corrected chi connectivity index (χ2v) is 7.21. The number of para-hydroxylation sites is 1. The number of unbranched alkanes of at least 4 members (excludes halogenated alkanes) is 1. The number of carbonyl (C=O) groups is 2. The summed E-state index contributed by atoms with van der Waals surface area (Å²) in [5, 5.41) is 1.10. The van der Waals surface area contributed by atoms with Crippen molar-refractivity contribution < 1.29 is 9.59 Å². The molecule has 6 heteroatoms. The van der Waals surface area contributed by atoms with Gasteiger partial charge in [0.1, 0.15) is 0 Å².